The highest BCUT2D eigenvalue weighted by Crippen LogP contribution is 2.37. The SMILES string of the molecule is CCO/C=C/c1cnn2c(=O)c(C(=O)NC3CC3)c(O)n(CC3CCC(F)(F)CC3)c12. The summed E-state index contributed by atoms with van der Waals surface area (Å²) in [5.74, 6) is -3.93. The van der Waals surface area contributed by atoms with E-state index in [0.717, 1.165) is 17.4 Å². The summed E-state index contributed by atoms with van der Waals surface area (Å²) in [7, 11) is 0. The molecule has 2 aliphatic rings. The van der Waals surface area contributed by atoms with Crippen LogP contribution in [0.15, 0.2) is 17.3 Å². The van der Waals surface area contributed by atoms with Gasteiger partial charge in [0.15, 0.2) is 5.56 Å². The third-order valence-electron chi connectivity index (χ3n) is 5.84. The van der Waals surface area contributed by atoms with Crippen molar-refractivity contribution >= 4 is 17.6 Å². The van der Waals surface area contributed by atoms with Crippen LogP contribution in [0.1, 0.15) is 61.4 Å². The van der Waals surface area contributed by atoms with Gasteiger partial charge in [0.1, 0.15) is 5.65 Å². The van der Waals surface area contributed by atoms with Crippen LogP contribution in [0.5, 0.6) is 5.88 Å². The minimum Gasteiger partial charge on any atom is -0.501 e. The molecular weight excluding hydrogens is 410 g/mol. The number of nitrogens with one attached hydrogen (secondary N) is 1. The second-order valence-electron chi connectivity index (χ2n) is 8.25. The van der Waals surface area contributed by atoms with Gasteiger partial charge in [-0.1, -0.05) is 0 Å². The van der Waals surface area contributed by atoms with Crippen LogP contribution in [0.4, 0.5) is 8.78 Å². The first-order valence-electron chi connectivity index (χ1n) is 10.6. The first-order valence-corrected chi connectivity index (χ1v) is 10.6. The molecule has 0 aliphatic heterocycles. The molecule has 10 heteroatoms. The second-order valence-corrected chi connectivity index (χ2v) is 8.25. The Morgan fingerprint density at radius 1 is 1.35 bits per heavy atom. The molecule has 1 amide bonds. The number of carbonyl (C=O) groups is 1. The molecule has 2 aromatic rings. The minimum atomic E-state index is -2.67. The van der Waals surface area contributed by atoms with Crippen LogP contribution in [0.2, 0.25) is 0 Å². The summed E-state index contributed by atoms with van der Waals surface area (Å²) in [5, 5.41) is 17.8. The molecule has 2 fully saturated rings. The summed E-state index contributed by atoms with van der Waals surface area (Å²) < 4.78 is 34.9. The molecule has 0 atom stereocenters. The molecule has 0 radical (unpaired) electrons. The fraction of sp³-hybridized carbons (Fsp3) is 0.571. The lowest BCUT2D eigenvalue weighted by Gasteiger charge is -2.29. The lowest BCUT2D eigenvalue weighted by molar-refractivity contribution is -0.0473. The molecule has 2 heterocycles. The summed E-state index contributed by atoms with van der Waals surface area (Å²) in [4.78, 5) is 25.6. The van der Waals surface area contributed by atoms with Crippen molar-refractivity contribution in [2.45, 2.75) is 64.0 Å². The summed E-state index contributed by atoms with van der Waals surface area (Å²) in [6.45, 7) is 2.47. The largest absolute Gasteiger partial charge is 0.501 e. The van der Waals surface area contributed by atoms with Gasteiger partial charge in [-0.2, -0.15) is 9.61 Å². The summed E-state index contributed by atoms with van der Waals surface area (Å²) in [6.07, 6.45) is 6.29. The Bertz CT molecular complexity index is 1060. The van der Waals surface area contributed by atoms with Gasteiger partial charge in [0.2, 0.25) is 11.8 Å². The fourth-order valence-corrected chi connectivity index (χ4v) is 3.94. The molecule has 0 unspecified atom stereocenters. The standard InChI is InChI=1S/C21H26F2N4O4/c1-2-31-10-7-14-11-24-27-18(14)26(12-13-5-8-21(22,23)9-6-13)19(29)16(20(27)30)17(28)25-15-3-4-15/h7,10-11,13,15,29H,2-6,8-9,12H2,1H3,(H,25,28)/b10-7+. The van der Waals surface area contributed by atoms with Gasteiger partial charge in [-0.05, 0) is 44.6 Å². The third-order valence-corrected chi connectivity index (χ3v) is 5.84. The quantitative estimate of drug-likeness (QED) is 0.651. The van der Waals surface area contributed by atoms with E-state index in [2.05, 4.69) is 10.4 Å². The number of carbonyl (C=O) groups excluding carboxylic acids is 1. The smallest absolute Gasteiger partial charge is 0.291 e. The molecule has 4 rings (SSSR count). The number of amides is 1. The predicted octanol–water partition coefficient (Wildman–Crippen LogP) is 2.93. The lowest BCUT2D eigenvalue weighted by atomic mass is 9.86. The number of aromatic hydroxyl groups is 1. The number of ether oxygens (including phenoxy) is 1. The molecule has 2 aliphatic carbocycles. The number of rotatable bonds is 7. The number of nitrogens with zero attached hydrogens (tertiary/aromatic N) is 3. The molecule has 8 nitrogen and oxygen atoms in total. The van der Waals surface area contributed by atoms with Gasteiger partial charge in [0.25, 0.3) is 11.5 Å². The maximum Gasteiger partial charge on any atom is 0.291 e. The van der Waals surface area contributed by atoms with E-state index in [9.17, 15) is 23.5 Å². The van der Waals surface area contributed by atoms with Crippen molar-refractivity contribution in [2.75, 3.05) is 6.61 Å². The topological polar surface area (TPSA) is 97.9 Å². The van der Waals surface area contributed by atoms with E-state index in [0.29, 0.717) is 17.8 Å². The Morgan fingerprint density at radius 3 is 2.71 bits per heavy atom. The van der Waals surface area contributed by atoms with Gasteiger partial charge in [-0.15, -0.1) is 0 Å². The van der Waals surface area contributed by atoms with Crippen molar-refractivity contribution in [3.8, 4) is 5.88 Å². The Balaban J connectivity index is 1.78. The molecule has 0 saturated heterocycles. The Hall–Kier alpha value is -2.91. The van der Waals surface area contributed by atoms with E-state index in [-0.39, 0.29) is 49.8 Å². The minimum absolute atomic E-state index is 0.00155. The first kappa shape index (κ1) is 21.3. The van der Waals surface area contributed by atoms with Crippen LogP contribution in [0.25, 0.3) is 11.7 Å². The van der Waals surface area contributed by atoms with Gasteiger partial charge >= 0.3 is 0 Å². The Kier molecular flexibility index (Phi) is 5.72. The molecule has 168 valence electrons. The Morgan fingerprint density at radius 2 is 2.06 bits per heavy atom. The molecule has 2 saturated carbocycles. The average molecular weight is 436 g/mol. The van der Waals surface area contributed by atoms with Crippen LogP contribution in [0, 0.1) is 5.92 Å². The number of hydrogen-bond acceptors (Lipinski definition) is 5. The van der Waals surface area contributed by atoms with E-state index in [1.54, 1.807) is 6.08 Å². The number of hydrogen-bond donors (Lipinski definition) is 2. The van der Waals surface area contributed by atoms with Crippen molar-refractivity contribution in [1.82, 2.24) is 19.5 Å². The van der Waals surface area contributed by atoms with Crippen molar-refractivity contribution in [1.29, 1.82) is 0 Å². The maximum absolute atomic E-state index is 13.6. The van der Waals surface area contributed by atoms with E-state index < -0.39 is 23.3 Å². The Labute approximate surface area is 177 Å². The fourth-order valence-electron chi connectivity index (χ4n) is 3.94. The monoisotopic (exact) mass is 436 g/mol. The summed E-state index contributed by atoms with van der Waals surface area (Å²) in [5.41, 5.74) is -0.313. The van der Waals surface area contributed by atoms with Crippen molar-refractivity contribution < 1.29 is 23.4 Å². The highest BCUT2D eigenvalue weighted by molar-refractivity contribution is 5.96. The highest BCUT2D eigenvalue weighted by atomic mass is 19.3. The number of aromatic nitrogens is 3. The van der Waals surface area contributed by atoms with E-state index in [1.807, 2.05) is 6.92 Å². The average Bonchev–Trinajstić information content (AvgIpc) is 3.43. The van der Waals surface area contributed by atoms with Gasteiger partial charge < -0.3 is 15.2 Å². The molecular formula is C21H26F2N4O4. The van der Waals surface area contributed by atoms with E-state index >= 15 is 0 Å². The lowest BCUT2D eigenvalue weighted by Crippen LogP contribution is -2.35. The predicted molar refractivity (Wildman–Crippen MR) is 109 cm³/mol. The van der Waals surface area contributed by atoms with Crippen LogP contribution in [-0.2, 0) is 11.3 Å². The van der Waals surface area contributed by atoms with Crippen molar-refractivity contribution in [3.63, 3.8) is 0 Å². The first-order chi connectivity index (χ1) is 14.8. The zero-order valence-corrected chi connectivity index (χ0v) is 17.3. The van der Waals surface area contributed by atoms with Crippen LogP contribution >= 0.6 is 0 Å². The zero-order chi connectivity index (χ0) is 22.2. The molecule has 0 spiro atoms. The van der Waals surface area contributed by atoms with Crippen molar-refractivity contribution in [3.05, 3.63) is 33.9 Å². The van der Waals surface area contributed by atoms with E-state index in [1.165, 1.54) is 17.0 Å². The van der Waals surface area contributed by atoms with Crippen molar-refractivity contribution in [2.24, 2.45) is 5.92 Å². The molecule has 0 aromatic carbocycles. The van der Waals surface area contributed by atoms with Crippen LogP contribution < -0.4 is 10.9 Å². The molecule has 2 aromatic heterocycles. The number of fused-ring (bicyclic) bond motifs is 1. The van der Waals surface area contributed by atoms with Gasteiger partial charge in [0.05, 0.1) is 19.1 Å². The highest BCUT2D eigenvalue weighted by Gasteiger charge is 2.36. The summed E-state index contributed by atoms with van der Waals surface area (Å²) in [6, 6.07) is -0.00155. The van der Waals surface area contributed by atoms with Gasteiger partial charge in [-0.25, -0.2) is 8.78 Å². The second kappa shape index (κ2) is 8.32. The molecule has 0 bridgehead atoms. The number of halogens is 2. The molecule has 2 N–H and O–H groups in total. The zero-order valence-electron chi connectivity index (χ0n) is 17.3. The van der Waals surface area contributed by atoms with Gasteiger partial charge in [0, 0.05) is 31.0 Å². The van der Waals surface area contributed by atoms with E-state index in [4.69, 9.17) is 4.74 Å². The summed E-state index contributed by atoms with van der Waals surface area (Å²) >= 11 is 0. The van der Waals surface area contributed by atoms with Crippen LogP contribution in [-0.4, -0.2) is 43.8 Å². The maximum atomic E-state index is 13.6. The third kappa shape index (κ3) is 4.42. The number of alkyl halides is 2. The normalized spacial score (nSPS) is 19.2. The van der Waals surface area contributed by atoms with Crippen LogP contribution in [0.3, 0.4) is 0 Å². The molecule has 31 heavy (non-hydrogen) atoms. The van der Waals surface area contributed by atoms with Gasteiger partial charge in [-0.3, -0.25) is 14.2 Å².